The predicted molar refractivity (Wildman–Crippen MR) is 75.4 cm³/mol. The fourth-order valence-electron chi connectivity index (χ4n) is 1.83. The molecular formula is C15H23NO2. The molecule has 1 aromatic rings. The lowest BCUT2D eigenvalue weighted by atomic mass is 9.86. The highest BCUT2D eigenvalue weighted by Gasteiger charge is 2.21. The Morgan fingerprint density at radius 1 is 1.33 bits per heavy atom. The van der Waals surface area contributed by atoms with Gasteiger partial charge < -0.3 is 10.0 Å². The van der Waals surface area contributed by atoms with Gasteiger partial charge in [-0.05, 0) is 36.5 Å². The molecule has 0 saturated carbocycles. The summed E-state index contributed by atoms with van der Waals surface area (Å²) in [6.45, 7) is 10.2. The SMILES string of the molecule is Cc1ccc(C(C)(C)C)cc1N(C)C(C)C(=O)O. The Kier molecular flexibility index (Phi) is 4.05. The van der Waals surface area contributed by atoms with Gasteiger partial charge in [-0.3, -0.25) is 0 Å². The van der Waals surface area contributed by atoms with Crippen molar-refractivity contribution >= 4 is 11.7 Å². The zero-order chi connectivity index (χ0) is 14.1. The highest BCUT2D eigenvalue weighted by atomic mass is 16.4. The Balaban J connectivity index is 3.20. The first-order valence-corrected chi connectivity index (χ1v) is 6.21. The molecule has 3 nitrogen and oxygen atoms in total. The molecule has 18 heavy (non-hydrogen) atoms. The molecule has 0 amide bonds. The van der Waals surface area contributed by atoms with Crippen molar-refractivity contribution < 1.29 is 9.90 Å². The second kappa shape index (κ2) is 5.01. The van der Waals surface area contributed by atoms with Crippen molar-refractivity contribution in [1.82, 2.24) is 0 Å². The summed E-state index contributed by atoms with van der Waals surface area (Å²) in [5.41, 5.74) is 3.36. The summed E-state index contributed by atoms with van der Waals surface area (Å²) >= 11 is 0. The molecule has 1 unspecified atom stereocenters. The first kappa shape index (κ1) is 14.6. The third-order valence-electron chi connectivity index (χ3n) is 3.39. The number of carboxylic acids is 1. The molecule has 0 aliphatic rings. The molecule has 0 aliphatic carbocycles. The van der Waals surface area contributed by atoms with Gasteiger partial charge in [0.15, 0.2) is 0 Å². The van der Waals surface area contributed by atoms with Crippen molar-refractivity contribution in [2.24, 2.45) is 0 Å². The average molecular weight is 249 g/mol. The molecule has 0 bridgehead atoms. The van der Waals surface area contributed by atoms with Crippen molar-refractivity contribution in [3.8, 4) is 0 Å². The molecule has 0 spiro atoms. The summed E-state index contributed by atoms with van der Waals surface area (Å²) in [4.78, 5) is 12.9. The molecule has 100 valence electrons. The van der Waals surface area contributed by atoms with E-state index in [2.05, 4.69) is 39.0 Å². The molecule has 3 heteroatoms. The Bertz CT molecular complexity index is 446. The van der Waals surface area contributed by atoms with E-state index in [4.69, 9.17) is 5.11 Å². The minimum Gasteiger partial charge on any atom is -0.480 e. The fraction of sp³-hybridized carbons (Fsp3) is 0.533. The second-order valence-electron chi connectivity index (χ2n) is 5.88. The summed E-state index contributed by atoms with van der Waals surface area (Å²) in [6.07, 6.45) is 0. The topological polar surface area (TPSA) is 40.5 Å². The lowest BCUT2D eigenvalue weighted by Crippen LogP contribution is -2.36. The summed E-state index contributed by atoms with van der Waals surface area (Å²) in [5, 5.41) is 9.09. The largest absolute Gasteiger partial charge is 0.480 e. The van der Waals surface area contributed by atoms with E-state index in [0.717, 1.165) is 11.3 Å². The molecule has 0 saturated heterocycles. The van der Waals surface area contributed by atoms with Gasteiger partial charge in [0.05, 0.1) is 0 Å². The number of likely N-dealkylation sites (N-methyl/N-ethyl adjacent to an activating group) is 1. The van der Waals surface area contributed by atoms with Crippen LogP contribution in [0, 0.1) is 6.92 Å². The summed E-state index contributed by atoms with van der Waals surface area (Å²) in [6, 6.07) is 5.73. The number of anilines is 1. The van der Waals surface area contributed by atoms with Crippen LogP contribution in [0.3, 0.4) is 0 Å². The van der Waals surface area contributed by atoms with Gasteiger partial charge in [0.2, 0.25) is 0 Å². The van der Waals surface area contributed by atoms with Crippen LogP contribution in [0.25, 0.3) is 0 Å². The molecule has 1 atom stereocenters. The number of rotatable bonds is 3. The van der Waals surface area contributed by atoms with Gasteiger partial charge in [-0.1, -0.05) is 32.9 Å². The molecule has 0 fully saturated rings. The van der Waals surface area contributed by atoms with Crippen molar-refractivity contribution in [2.45, 2.75) is 46.1 Å². The Hall–Kier alpha value is -1.51. The van der Waals surface area contributed by atoms with Crippen LogP contribution in [0.2, 0.25) is 0 Å². The Labute approximate surface area is 109 Å². The summed E-state index contributed by atoms with van der Waals surface area (Å²) < 4.78 is 0. The predicted octanol–water partition coefficient (Wildman–Crippen LogP) is 3.20. The van der Waals surface area contributed by atoms with Gasteiger partial charge in [-0.15, -0.1) is 0 Å². The molecule has 1 rings (SSSR count). The van der Waals surface area contributed by atoms with E-state index in [1.807, 2.05) is 18.9 Å². The summed E-state index contributed by atoms with van der Waals surface area (Å²) in [7, 11) is 1.83. The number of hydrogen-bond donors (Lipinski definition) is 1. The molecule has 1 aromatic carbocycles. The van der Waals surface area contributed by atoms with E-state index in [-0.39, 0.29) is 5.41 Å². The highest BCUT2D eigenvalue weighted by molar-refractivity contribution is 5.78. The maximum atomic E-state index is 11.1. The highest BCUT2D eigenvalue weighted by Crippen LogP contribution is 2.29. The van der Waals surface area contributed by atoms with Gasteiger partial charge in [0.25, 0.3) is 0 Å². The number of nitrogens with zero attached hydrogens (tertiary/aromatic N) is 1. The van der Waals surface area contributed by atoms with E-state index in [1.165, 1.54) is 5.56 Å². The fourth-order valence-corrected chi connectivity index (χ4v) is 1.83. The minimum atomic E-state index is -0.807. The number of hydrogen-bond acceptors (Lipinski definition) is 2. The number of carboxylic acid groups (broad SMARTS) is 1. The maximum Gasteiger partial charge on any atom is 0.326 e. The van der Waals surface area contributed by atoms with Gasteiger partial charge in [-0.2, -0.15) is 0 Å². The minimum absolute atomic E-state index is 0.0652. The quantitative estimate of drug-likeness (QED) is 0.894. The van der Waals surface area contributed by atoms with Crippen molar-refractivity contribution in [1.29, 1.82) is 0 Å². The van der Waals surface area contributed by atoms with Crippen LogP contribution in [-0.4, -0.2) is 24.2 Å². The van der Waals surface area contributed by atoms with Gasteiger partial charge in [0.1, 0.15) is 6.04 Å². The third-order valence-corrected chi connectivity index (χ3v) is 3.39. The number of carbonyl (C=O) groups is 1. The van der Waals surface area contributed by atoms with E-state index >= 15 is 0 Å². The standard InChI is InChI=1S/C15H23NO2/c1-10-7-8-12(15(3,4)5)9-13(10)16(6)11(2)14(17)18/h7-9,11H,1-6H3,(H,17,18). The lowest BCUT2D eigenvalue weighted by molar-refractivity contribution is -0.138. The second-order valence-corrected chi connectivity index (χ2v) is 5.88. The van der Waals surface area contributed by atoms with Crippen molar-refractivity contribution in [3.63, 3.8) is 0 Å². The monoisotopic (exact) mass is 249 g/mol. The van der Waals surface area contributed by atoms with Crippen LogP contribution >= 0.6 is 0 Å². The molecule has 0 aliphatic heterocycles. The van der Waals surface area contributed by atoms with E-state index in [0.29, 0.717) is 0 Å². The number of aliphatic carboxylic acids is 1. The smallest absolute Gasteiger partial charge is 0.326 e. The molecule has 0 radical (unpaired) electrons. The Morgan fingerprint density at radius 3 is 2.33 bits per heavy atom. The van der Waals surface area contributed by atoms with E-state index < -0.39 is 12.0 Å². The molecular weight excluding hydrogens is 226 g/mol. The molecule has 0 heterocycles. The first-order valence-electron chi connectivity index (χ1n) is 6.21. The van der Waals surface area contributed by atoms with Crippen molar-refractivity contribution in [2.75, 3.05) is 11.9 Å². The maximum absolute atomic E-state index is 11.1. The molecule has 0 aromatic heterocycles. The van der Waals surface area contributed by atoms with Gasteiger partial charge in [-0.25, -0.2) is 4.79 Å². The zero-order valence-electron chi connectivity index (χ0n) is 12.1. The first-order chi connectivity index (χ1) is 8.14. The number of aryl methyl sites for hydroxylation is 1. The van der Waals surface area contributed by atoms with Crippen LogP contribution < -0.4 is 4.90 Å². The van der Waals surface area contributed by atoms with E-state index in [1.54, 1.807) is 6.92 Å². The van der Waals surface area contributed by atoms with Gasteiger partial charge in [0, 0.05) is 12.7 Å². The Morgan fingerprint density at radius 2 is 1.89 bits per heavy atom. The van der Waals surface area contributed by atoms with Gasteiger partial charge >= 0.3 is 5.97 Å². The number of benzene rings is 1. The van der Waals surface area contributed by atoms with Crippen LogP contribution in [0.5, 0.6) is 0 Å². The van der Waals surface area contributed by atoms with E-state index in [9.17, 15) is 4.79 Å². The van der Waals surface area contributed by atoms with Crippen LogP contribution in [0.1, 0.15) is 38.8 Å². The zero-order valence-corrected chi connectivity index (χ0v) is 12.1. The normalized spacial score (nSPS) is 13.2. The molecule has 1 N–H and O–H groups in total. The summed E-state index contributed by atoms with van der Waals surface area (Å²) in [5.74, 6) is -0.807. The van der Waals surface area contributed by atoms with Crippen molar-refractivity contribution in [3.05, 3.63) is 29.3 Å². The third kappa shape index (κ3) is 3.03. The van der Waals surface area contributed by atoms with Crippen LogP contribution in [-0.2, 0) is 10.2 Å². The van der Waals surface area contributed by atoms with Crippen LogP contribution in [0.15, 0.2) is 18.2 Å². The average Bonchev–Trinajstić information content (AvgIpc) is 2.26. The lowest BCUT2D eigenvalue weighted by Gasteiger charge is -2.28. The van der Waals surface area contributed by atoms with Crippen LogP contribution in [0.4, 0.5) is 5.69 Å².